The summed E-state index contributed by atoms with van der Waals surface area (Å²) in [4.78, 5) is 18.2. The van der Waals surface area contributed by atoms with E-state index in [2.05, 4.69) is 70.5 Å². The summed E-state index contributed by atoms with van der Waals surface area (Å²) in [7, 11) is 0. The van der Waals surface area contributed by atoms with Crippen LogP contribution in [0.3, 0.4) is 0 Å². The Hall–Kier alpha value is -2.13. The molecule has 5 aliphatic rings. The van der Waals surface area contributed by atoms with Crippen LogP contribution in [-0.2, 0) is 4.79 Å². The highest BCUT2D eigenvalue weighted by molar-refractivity contribution is 5.78. The minimum absolute atomic E-state index is 0.130. The summed E-state index contributed by atoms with van der Waals surface area (Å²) in [5, 5.41) is 0. The molecule has 1 saturated heterocycles. The lowest BCUT2D eigenvalue weighted by Gasteiger charge is -2.58. The lowest BCUT2D eigenvalue weighted by molar-refractivity contribution is -0.134. The Morgan fingerprint density at radius 1 is 0.758 bits per heavy atom. The Kier molecular flexibility index (Phi) is 5.78. The monoisotopic (exact) mass is 442 g/mol. The van der Waals surface area contributed by atoms with Crippen molar-refractivity contribution in [2.24, 2.45) is 23.2 Å². The quantitative estimate of drug-likeness (QED) is 0.584. The smallest absolute Gasteiger partial charge is 0.223 e. The van der Waals surface area contributed by atoms with Crippen LogP contribution in [0.15, 0.2) is 60.7 Å². The highest BCUT2D eigenvalue weighted by Crippen LogP contribution is 2.60. The number of benzene rings is 2. The Bertz CT molecular complexity index is 873. The molecular formula is C30H38N2O. The molecule has 174 valence electrons. The zero-order chi connectivity index (χ0) is 22.3. The van der Waals surface area contributed by atoms with E-state index in [1.54, 1.807) is 0 Å². The number of piperazine rings is 1. The summed E-state index contributed by atoms with van der Waals surface area (Å²) < 4.78 is 0. The summed E-state index contributed by atoms with van der Waals surface area (Å²) in [6.45, 7) is 5.17. The van der Waals surface area contributed by atoms with Crippen LogP contribution in [0.25, 0.3) is 0 Å². The zero-order valence-electron chi connectivity index (χ0n) is 19.9. The third-order valence-electron chi connectivity index (χ3n) is 9.23. The minimum atomic E-state index is 0.130. The molecule has 5 fully saturated rings. The summed E-state index contributed by atoms with van der Waals surface area (Å²) in [5.41, 5.74) is 3.07. The molecule has 3 heteroatoms. The van der Waals surface area contributed by atoms with E-state index in [-0.39, 0.29) is 5.92 Å². The molecule has 0 aromatic heterocycles. The Balaban J connectivity index is 1.08. The van der Waals surface area contributed by atoms with Crippen molar-refractivity contribution in [1.29, 1.82) is 0 Å². The highest BCUT2D eigenvalue weighted by atomic mass is 16.2. The van der Waals surface area contributed by atoms with Crippen LogP contribution in [0.1, 0.15) is 62.0 Å². The first-order chi connectivity index (χ1) is 16.2. The fraction of sp³-hybridized carbons (Fsp3) is 0.567. The third-order valence-corrected chi connectivity index (χ3v) is 9.23. The van der Waals surface area contributed by atoms with Crippen LogP contribution < -0.4 is 0 Å². The van der Waals surface area contributed by atoms with Gasteiger partial charge in [-0.3, -0.25) is 9.69 Å². The molecular weight excluding hydrogens is 404 g/mol. The van der Waals surface area contributed by atoms with E-state index in [0.29, 0.717) is 17.7 Å². The van der Waals surface area contributed by atoms with Crippen molar-refractivity contribution in [2.75, 3.05) is 32.7 Å². The Morgan fingerprint density at radius 3 is 1.73 bits per heavy atom. The molecule has 3 nitrogen and oxygen atoms in total. The zero-order valence-corrected chi connectivity index (χ0v) is 19.9. The topological polar surface area (TPSA) is 23.6 Å². The molecule has 1 heterocycles. The van der Waals surface area contributed by atoms with E-state index >= 15 is 0 Å². The Labute approximate surface area is 199 Å². The predicted molar refractivity (Wildman–Crippen MR) is 133 cm³/mol. The lowest BCUT2D eigenvalue weighted by Crippen LogP contribution is -2.55. The lowest BCUT2D eigenvalue weighted by atomic mass is 9.49. The van der Waals surface area contributed by atoms with Crippen molar-refractivity contribution in [3.05, 3.63) is 71.8 Å². The van der Waals surface area contributed by atoms with Crippen molar-refractivity contribution in [3.63, 3.8) is 0 Å². The van der Waals surface area contributed by atoms with Gasteiger partial charge in [-0.25, -0.2) is 0 Å². The number of carbonyl (C=O) groups excluding carboxylic acids is 1. The molecule has 0 spiro atoms. The van der Waals surface area contributed by atoms with Crippen molar-refractivity contribution in [1.82, 2.24) is 9.80 Å². The second-order valence-electron chi connectivity index (χ2n) is 11.7. The average molecular weight is 443 g/mol. The molecule has 1 amide bonds. The predicted octanol–water partition coefficient (Wildman–Crippen LogP) is 5.57. The maximum absolute atomic E-state index is 13.4. The van der Waals surface area contributed by atoms with Gasteiger partial charge in [0.15, 0.2) is 0 Å². The summed E-state index contributed by atoms with van der Waals surface area (Å²) >= 11 is 0. The standard InChI is InChI=1S/C30H38N2O/c33-29(18-28(26-7-3-1-4-8-26)27-9-5-2-6-10-27)32-13-11-31(12-14-32)22-30-19-23-15-24(20-30)17-25(16-23)21-30/h1-10,23-25,28H,11-22H2. The normalized spacial score (nSPS) is 31.3. The summed E-state index contributed by atoms with van der Waals surface area (Å²) in [6.07, 6.45) is 9.56. The van der Waals surface area contributed by atoms with Gasteiger partial charge < -0.3 is 4.90 Å². The van der Waals surface area contributed by atoms with Crippen molar-refractivity contribution < 1.29 is 4.79 Å². The molecule has 33 heavy (non-hydrogen) atoms. The molecule has 0 N–H and O–H groups in total. The minimum Gasteiger partial charge on any atom is -0.340 e. The van der Waals surface area contributed by atoms with E-state index in [1.807, 2.05) is 0 Å². The number of hydrogen-bond donors (Lipinski definition) is 0. The molecule has 4 aliphatic carbocycles. The second kappa shape index (κ2) is 8.91. The number of nitrogens with zero attached hydrogens (tertiary/aromatic N) is 2. The first-order valence-corrected chi connectivity index (χ1v) is 13.3. The fourth-order valence-corrected chi connectivity index (χ4v) is 8.22. The van der Waals surface area contributed by atoms with Gasteiger partial charge in [0.05, 0.1) is 0 Å². The molecule has 0 atom stereocenters. The van der Waals surface area contributed by atoms with Gasteiger partial charge in [0.25, 0.3) is 0 Å². The summed E-state index contributed by atoms with van der Waals surface area (Å²) in [5.74, 6) is 3.50. The van der Waals surface area contributed by atoms with Gasteiger partial charge in [-0.2, -0.15) is 0 Å². The number of rotatable bonds is 6. The van der Waals surface area contributed by atoms with Crippen LogP contribution in [0.5, 0.6) is 0 Å². The van der Waals surface area contributed by atoms with Gasteiger partial charge >= 0.3 is 0 Å². The van der Waals surface area contributed by atoms with Crippen LogP contribution >= 0.6 is 0 Å². The van der Waals surface area contributed by atoms with E-state index in [0.717, 1.165) is 43.9 Å². The average Bonchev–Trinajstić information content (AvgIpc) is 2.83. The molecule has 4 bridgehead atoms. The largest absolute Gasteiger partial charge is 0.340 e. The molecule has 0 radical (unpaired) electrons. The molecule has 7 rings (SSSR count). The highest BCUT2D eigenvalue weighted by Gasteiger charge is 2.51. The van der Waals surface area contributed by atoms with E-state index < -0.39 is 0 Å². The third kappa shape index (κ3) is 4.49. The van der Waals surface area contributed by atoms with Crippen molar-refractivity contribution >= 4 is 5.91 Å². The first-order valence-electron chi connectivity index (χ1n) is 13.3. The molecule has 4 saturated carbocycles. The molecule has 2 aromatic rings. The van der Waals surface area contributed by atoms with Gasteiger partial charge in [0, 0.05) is 45.1 Å². The number of carbonyl (C=O) groups is 1. The van der Waals surface area contributed by atoms with Gasteiger partial charge in [-0.1, -0.05) is 60.7 Å². The maximum atomic E-state index is 13.4. The molecule has 2 aromatic carbocycles. The van der Waals surface area contributed by atoms with E-state index in [1.165, 1.54) is 56.2 Å². The Morgan fingerprint density at radius 2 is 1.24 bits per heavy atom. The van der Waals surface area contributed by atoms with Crippen LogP contribution in [-0.4, -0.2) is 48.4 Å². The fourth-order valence-electron chi connectivity index (χ4n) is 8.22. The van der Waals surface area contributed by atoms with Gasteiger partial charge in [-0.05, 0) is 72.8 Å². The van der Waals surface area contributed by atoms with Gasteiger partial charge in [0.1, 0.15) is 0 Å². The van der Waals surface area contributed by atoms with Gasteiger partial charge in [-0.15, -0.1) is 0 Å². The first kappa shape index (κ1) is 21.4. The van der Waals surface area contributed by atoms with Crippen molar-refractivity contribution in [3.8, 4) is 0 Å². The molecule has 1 aliphatic heterocycles. The van der Waals surface area contributed by atoms with Crippen molar-refractivity contribution in [2.45, 2.75) is 50.9 Å². The summed E-state index contributed by atoms with van der Waals surface area (Å²) in [6, 6.07) is 21.1. The van der Waals surface area contributed by atoms with Crippen LogP contribution in [0, 0.1) is 23.2 Å². The van der Waals surface area contributed by atoms with E-state index in [9.17, 15) is 4.79 Å². The number of hydrogen-bond acceptors (Lipinski definition) is 2. The van der Waals surface area contributed by atoms with Crippen LogP contribution in [0.2, 0.25) is 0 Å². The van der Waals surface area contributed by atoms with Crippen LogP contribution in [0.4, 0.5) is 0 Å². The number of amides is 1. The van der Waals surface area contributed by atoms with E-state index in [4.69, 9.17) is 0 Å². The maximum Gasteiger partial charge on any atom is 0.223 e. The SMILES string of the molecule is O=C(CC(c1ccccc1)c1ccccc1)N1CCN(CC23CC4CC(CC(C4)C2)C3)CC1. The molecule has 0 unspecified atom stereocenters. The van der Waals surface area contributed by atoms with Gasteiger partial charge in [0.2, 0.25) is 5.91 Å². The second-order valence-corrected chi connectivity index (χ2v) is 11.7.